The maximum atomic E-state index is 11.5. The van der Waals surface area contributed by atoms with Crippen molar-refractivity contribution in [3.05, 3.63) is 29.8 Å². The highest BCUT2D eigenvalue weighted by atomic mass is 16.6. The van der Waals surface area contributed by atoms with Gasteiger partial charge in [0.1, 0.15) is 5.60 Å². The summed E-state index contributed by atoms with van der Waals surface area (Å²) in [4.78, 5) is 22.6. The quantitative estimate of drug-likeness (QED) is 0.492. The van der Waals surface area contributed by atoms with Crippen molar-refractivity contribution in [1.82, 2.24) is 0 Å². The lowest BCUT2D eigenvalue weighted by molar-refractivity contribution is -0.154. The summed E-state index contributed by atoms with van der Waals surface area (Å²) in [6, 6.07) is 7.31. The number of anilines is 1. The number of hydrogen-bond donors (Lipinski definition) is 1. The van der Waals surface area contributed by atoms with Gasteiger partial charge in [-0.05, 0) is 58.4 Å². The fraction of sp³-hybridized carbons (Fsp3) is 0.500. The Bertz CT molecular complexity index is 458. The molecule has 0 aliphatic carbocycles. The number of nitrogens with one attached hydrogen (secondary N) is 1. The lowest BCUT2D eigenvalue weighted by Gasteiger charge is -2.19. The molecule has 0 bridgehead atoms. The molecule has 4 nitrogen and oxygen atoms in total. The molecule has 1 aromatic rings. The Balaban J connectivity index is 2.27. The molecule has 1 N–H and O–H groups in total. The summed E-state index contributed by atoms with van der Waals surface area (Å²) in [6.45, 7) is 7.82. The van der Waals surface area contributed by atoms with E-state index in [1.807, 2.05) is 32.9 Å². The molecular formula is C16H23NO3. The molecule has 20 heavy (non-hydrogen) atoms. The van der Waals surface area contributed by atoms with Gasteiger partial charge in [0, 0.05) is 24.2 Å². The molecule has 1 rings (SSSR count). The van der Waals surface area contributed by atoms with Crippen molar-refractivity contribution in [2.75, 3.05) is 11.9 Å². The minimum absolute atomic E-state index is 0.0569. The van der Waals surface area contributed by atoms with Gasteiger partial charge >= 0.3 is 5.97 Å². The summed E-state index contributed by atoms with van der Waals surface area (Å²) in [7, 11) is 0. The second-order valence-corrected chi connectivity index (χ2v) is 5.75. The minimum Gasteiger partial charge on any atom is -0.460 e. The van der Waals surface area contributed by atoms with Crippen LogP contribution < -0.4 is 5.32 Å². The van der Waals surface area contributed by atoms with Crippen LogP contribution in [0.1, 0.15) is 50.9 Å². The van der Waals surface area contributed by atoms with Crippen LogP contribution in [-0.2, 0) is 9.53 Å². The Labute approximate surface area is 120 Å². The molecule has 1 aromatic carbocycles. The summed E-state index contributed by atoms with van der Waals surface area (Å²) in [6.07, 6.45) is 1.11. The van der Waals surface area contributed by atoms with E-state index >= 15 is 0 Å². The predicted molar refractivity (Wildman–Crippen MR) is 80.0 cm³/mol. The first-order chi connectivity index (χ1) is 9.28. The highest BCUT2D eigenvalue weighted by molar-refractivity contribution is 5.94. The molecule has 0 aromatic heterocycles. The number of rotatable bonds is 6. The maximum Gasteiger partial charge on any atom is 0.306 e. The van der Waals surface area contributed by atoms with Crippen molar-refractivity contribution in [1.29, 1.82) is 0 Å². The first kappa shape index (κ1) is 16.2. The maximum absolute atomic E-state index is 11.5. The molecule has 0 atom stereocenters. The van der Waals surface area contributed by atoms with E-state index in [2.05, 4.69) is 5.32 Å². The third-order valence-corrected chi connectivity index (χ3v) is 2.60. The van der Waals surface area contributed by atoms with Crippen LogP contribution in [0.3, 0.4) is 0 Å². The third kappa shape index (κ3) is 6.36. The highest BCUT2D eigenvalue weighted by Crippen LogP contribution is 2.11. The Hall–Kier alpha value is -1.84. The van der Waals surface area contributed by atoms with Crippen LogP contribution in [-0.4, -0.2) is 23.9 Å². The van der Waals surface area contributed by atoms with E-state index < -0.39 is 5.60 Å². The Morgan fingerprint density at radius 2 is 1.75 bits per heavy atom. The molecule has 0 heterocycles. The van der Waals surface area contributed by atoms with Gasteiger partial charge in [0.05, 0.1) is 0 Å². The minimum atomic E-state index is -0.424. The molecule has 0 saturated heterocycles. The van der Waals surface area contributed by atoms with Gasteiger partial charge < -0.3 is 10.1 Å². The summed E-state index contributed by atoms with van der Waals surface area (Å²) < 4.78 is 5.23. The van der Waals surface area contributed by atoms with Crippen LogP contribution in [0.5, 0.6) is 0 Å². The topological polar surface area (TPSA) is 55.4 Å². The van der Waals surface area contributed by atoms with Gasteiger partial charge in [-0.1, -0.05) is 0 Å². The number of Topliss-reactive ketones (excluding diaryl/α,β-unsaturated/α-hetero) is 1. The number of ketones is 1. The van der Waals surface area contributed by atoms with E-state index in [1.54, 1.807) is 19.1 Å². The van der Waals surface area contributed by atoms with Crippen molar-refractivity contribution >= 4 is 17.4 Å². The Kier molecular flexibility index (Phi) is 5.74. The van der Waals surface area contributed by atoms with Gasteiger partial charge in [0.2, 0.25) is 0 Å². The molecule has 0 saturated carbocycles. The van der Waals surface area contributed by atoms with Crippen molar-refractivity contribution in [2.45, 2.75) is 46.1 Å². The zero-order valence-corrected chi connectivity index (χ0v) is 12.7. The van der Waals surface area contributed by atoms with Crippen LogP contribution in [0.15, 0.2) is 24.3 Å². The molecule has 0 spiro atoms. The molecule has 0 unspecified atom stereocenters. The number of carbonyl (C=O) groups is 2. The zero-order chi connectivity index (χ0) is 15.2. The average molecular weight is 277 g/mol. The first-order valence-corrected chi connectivity index (χ1v) is 6.84. The predicted octanol–water partition coefficient (Wildman–Crippen LogP) is 3.42. The van der Waals surface area contributed by atoms with Crippen molar-refractivity contribution in [3.8, 4) is 0 Å². The molecule has 4 heteroatoms. The van der Waals surface area contributed by atoms with Crippen molar-refractivity contribution in [2.24, 2.45) is 0 Å². The van der Waals surface area contributed by atoms with E-state index in [0.717, 1.165) is 5.69 Å². The van der Waals surface area contributed by atoms with Gasteiger partial charge in [-0.3, -0.25) is 9.59 Å². The second kappa shape index (κ2) is 7.08. The highest BCUT2D eigenvalue weighted by Gasteiger charge is 2.15. The van der Waals surface area contributed by atoms with E-state index in [1.165, 1.54) is 0 Å². The van der Waals surface area contributed by atoms with Gasteiger partial charge in [-0.25, -0.2) is 0 Å². The lowest BCUT2D eigenvalue weighted by Crippen LogP contribution is -2.24. The van der Waals surface area contributed by atoms with Crippen LogP contribution in [0, 0.1) is 0 Å². The molecule has 0 aliphatic rings. The van der Waals surface area contributed by atoms with Crippen LogP contribution >= 0.6 is 0 Å². The molecule has 110 valence electrons. The summed E-state index contributed by atoms with van der Waals surface area (Å²) >= 11 is 0. The fourth-order valence-electron chi connectivity index (χ4n) is 1.68. The molecule has 0 fully saturated rings. The van der Waals surface area contributed by atoms with Crippen molar-refractivity contribution < 1.29 is 14.3 Å². The number of benzene rings is 1. The molecule has 0 radical (unpaired) electrons. The van der Waals surface area contributed by atoms with E-state index in [0.29, 0.717) is 24.9 Å². The molecule has 0 amide bonds. The number of ether oxygens (including phenoxy) is 1. The Morgan fingerprint density at radius 1 is 1.15 bits per heavy atom. The van der Waals surface area contributed by atoms with Crippen LogP contribution in [0.4, 0.5) is 5.69 Å². The summed E-state index contributed by atoms with van der Waals surface area (Å²) in [5.41, 5.74) is 1.22. The summed E-state index contributed by atoms with van der Waals surface area (Å²) in [5, 5.41) is 3.21. The zero-order valence-electron chi connectivity index (χ0n) is 12.7. The van der Waals surface area contributed by atoms with Gasteiger partial charge in [0.15, 0.2) is 5.78 Å². The normalized spacial score (nSPS) is 11.0. The lowest BCUT2D eigenvalue weighted by atomic mass is 10.1. The van der Waals surface area contributed by atoms with Crippen LogP contribution in [0.2, 0.25) is 0 Å². The third-order valence-electron chi connectivity index (χ3n) is 2.60. The van der Waals surface area contributed by atoms with Gasteiger partial charge in [-0.15, -0.1) is 0 Å². The van der Waals surface area contributed by atoms with E-state index in [4.69, 9.17) is 4.74 Å². The smallest absolute Gasteiger partial charge is 0.306 e. The Morgan fingerprint density at radius 3 is 2.25 bits per heavy atom. The largest absolute Gasteiger partial charge is 0.460 e. The average Bonchev–Trinajstić information content (AvgIpc) is 2.33. The van der Waals surface area contributed by atoms with E-state index in [-0.39, 0.29) is 11.8 Å². The van der Waals surface area contributed by atoms with Gasteiger partial charge in [0.25, 0.3) is 0 Å². The molecule has 0 aliphatic heterocycles. The summed E-state index contributed by atoms with van der Waals surface area (Å²) in [5.74, 6) is -0.118. The molecular weight excluding hydrogens is 254 g/mol. The second-order valence-electron chi connectivity index (χ2n) is 5.75. The number of hydrogen-bond acceptors (Lipinski definition) is 4. The SMILES string of the molecule is CC(=O)c1ccc(NCCCC(=O)OC(C)(C)C)cc1. The van der Waals surface area contributed by atoms with Crippen LogP contribution in [0.25, 0.3) is 0 Å². The monoisotopic (exact) mass is 277 g/mol. The fourth-order valence-corrected chi connectivity index (χ4v) is 1.68. The number of esters is 1. The first-order valence-electron chi connectivity index (χ1n) is 6.84. The number of carbonyl (C=O) groups excluding carboxylic acids is 2. The van der Waals surface area contributed by atoms with Gasteiger partial charge in [-0.2, -0.15) is 0 Å². The van der Waals surface area contributed by atoms with Crippen molar-refractivity contribution in [3.63, 3.8) is 0 Å². The van der Waals surface area contributed by atoms with E-state index in [9.17, 15) is 9.59 Å². The standard InChI is InChI=1S/C16H23NO3/c1-12(18)13-7-9-14(10-8-13)17-11-5-6-15(19)20-16(2,3)4/h7-10,17H,5-6,11H2,1-4H3.